The van der Waals surface area contributed by atoms with Gasteiger partial charge in [0.25, 0.3) is 10.0 Å². The summed E-state index contributed by atoms with van der Waals surface area (Å²) in [4.78, 5) is 14.9. The lowest BCUT2D eigenvalue weighted by Gasteiger charge is -2.32. The molecule has 1 amide bonds. The molecule has 0 spiro atoms. The first-order valence-electron chi connectivity index (χ1n) is 10.7. The molecule has 3 atom stereocenters. The quantitative estimate of drug-likeness (QED) is 0.581. The molecular formula is C23H31N3O5S. The number of aliphatic hydroxyl groups excluding tert-OH is 1. The number of likely N-dealkylation sites (N-methyl/N-ethyl adjacent to an activating group) is 1. The summed E-state index contributed by atoms with van der Waals surface area (Å²) in [5, 5.41) is 12.8. The van der Waals surface area contributed by atoms with Crippen LogP contribution in [0.5, 0.6) is 5.75 Å². The van der Waals surface area contributed by atoms with Gasteiger partial charge in [-0.1, -0.05) is 25.1 Å². The highest BCUT2D eigenvalue weighted by Crippen LogP contribution is 2.29. The number of rotatable bonds is 7. The van der Waals surface area contributed by atoms with Crippen molar-refractivity contribution in [3.05, 3.63) is 54.1 Å². The van der Waals surface area contributed by atoms with Gasteiger partial charge in [0.15, 0.2) is 0 Å². The first-order valence-corrected chi connectivity index (χ1v) is 12.2. The monoisotopic (exact) mass is 461 g/mol. The Morgan fingerprint density at radius 3 is 2.59 bits per heavy atom. The lowest BCUT2D eigenvalue weighted by atomic mass is 10.0. The smallest absolute Gasteiger partial charge is 0.261 e. The van der Waals surface area contributed by atoms with Crippen molar-refractivity contribution in [2.75, 3.05) is 31.5 Å². The van der Waals surface area contributed by atoms with Crippen LogP contribution in [0.3, 0.4) is 0 Å². The minimum Gasteiger partial charge on any atom is -0.488 e. The van der Waals surface area contributed by atoms with Gasteiger partial charge in [-0.25, -0.2) is 8.42 Å². The summed E-state index contributed by atoms with van der Waals surface area (Å²) in [5.41, 5.74) is 0.942. The first-order chi connectivity index (χ1) is 15.2. The fourth-order valence-corrected chi connectivity index (χ4v) is 4.82. The molecule has 1 aliphatic heterocycles. The van der Waals surface area contributed by atoms with Gasteiger partial charge in [0.2, 0.25) is 5.91 Å². The molecule has 3 rings (SSSR count). The fourth-order valence-electron chi connectivity index (χ4n) is 3.75. The van der Waals surface area contributed by atoms with E-state index in [2.05, 4.69) is 10.0 Å². The Morgan fingerprint density at radius 1 is 1.22 bits per heavy atom. The van der Waals surface area contributed by atoms with Crippen molar-refractivity contribution >= 4 is 21.6 Å². The lowest BCUT2D eigenvalue weighted by Crippen LogP contribution is -2.47. The highest BCUT2D eigenvalue weighted by atomic mass is 32.2. The zero-order valence-electron chi connectivity index (χ0n) is 18.6. The van der Waals surface area contributed by atoms with Crippen molar-refractivity contribution in [2.45, 2.75) is 37.3 Å². The van der Waals surface area contributed by atoms with Crippen LogP contribution < -0.4 is 14.8 Å². The third-order valence-electron chi connectivity index (χ3n) is 5.63. The van der Waals surface area contributed by atoms with Gasteiger partial charge in [-0.3, -0.25) is 9.52 Å². The highest BCUT2D eigenvalue weighted by molar-refractivity contribution is 7.92. The number of benzene rings is 2. The van der Waals surface area contributed by atoms with Crippen LogP contribution in [-0.2, 0) is 21.2 Å². The zero-order valence-corrected chi connectivity index (χ0v) is 19.4. The Morgan fingerprint density at radius 2 is 1.94 bits per heavy atom. The van der Waals surface area contributed by atoms with Crippen LogP contribution in [-0.4, -0.2) is 63.2 Å². The number of fused-ring (bicyclic) bond motifs is 1. The summed E-state index contributed by atoms with van der Waals surface area (Å²) in [6.07, 6.45) is -0.163. The second-order valence-electron chi connectivity index (χ2n) is 8.19. The number of hydrogen-bond acceptors (Lipinski definition) is 6. The van der Waals surface area contributed by atoms with Gasteiger partial charge in [0.1, 0.15) is 11.9 Å². The molecule has 3 N–H and O–H groups in total. The second-order valence-corrected chi connectivity index (χ2v) is 9.87. The maximum atomic E-state index is 13.1. The van der Waals surface area contributed by atoms with Gasteiger partial charge in [-0.15, -0.1) is 0 Å². The number of ether oxygens (including phenoxy) is 1. The lowest BCUT2D eigenvalue weighted by molar-refractivity contribution is -0.134. The minimum atomic E-state index is -3.76. The number of hydrogen-bond donors (Lipinski definition) is 3. The zero-order chi connectivity index (χ0) is 23.3. The maximum Gasteiger partial charge on any atom is 0.261 e. The molecule has 0 aromatic heterocycles. The molecule has 32 heavy (non-hydrogen) atoms. The van der Waals surface area contributed by atoms with Crippen LogP contribution in [0.15, 0.2) is 53.4 Å². The summed E-state index contributed by atoms with van der Waals surface area (Å²) in [7, 11) is -1.92. The number of aliphatic hydroxyl groups is 1. The molecule has 0 unspecified atom stereocenters. The first kappa shape index (κ1) is 24.0. The van der Waals surface area contributed by atoms with Crippen molar-refractivity contribution < 1.29 is 23.1 Å². The number of anilines is 1. The summed E-state index contributed by atoms with van der Waals surface area (Å²) in [5.74, 6) is 0.422. The molecule has 0 radical (unpaired) electrons. The largest absolute Gasteiger partial charge is 0.488 e. The van der Waals surface area contributed by atoms with E-state index in [4.69, 9.17) is 4.74 Å². The van der Waals surface area contributed by atoms with Gasteiger partial charge in [0.05, 0.1) is 24.0 Å². The molecule has 0 aliphatic carbocycles. The van der Waals surface area contributed by atoms with Crippen LogP contribution in [0.4, 0.5) is 5.69 Å². The Hall–Kier alpha value is -2.62. The Labute approximate surface area is 189 Å². The van der Waals surface area contributed by atoms with E-state index in [1.165, 1.54) is 12.1 Å². The molecule has 0 fully saturated rings. The van der Waals surface area contributed by atoms with Crippen LogP contribution in [0.2, 0.25) is 0 Å². The maximum absolute atomic E-state index is 13.1. The fraction of sp³-hybridized carbons (Fsp3) is 0.435. The predicted molar refractivity (Wildman–Crippen MR) is 123 cm³/mol. The van der Waals surface area contributed by atoms with Gasteiger partial charge in [-0.05, 0) is 44.3 Å². The predicted octanol–water partition coefficient (Wildman–Crippen LogP) is 1.86. The molecule has 1 heterocycles. The SMILES string of the molecule is CNC[C@@H]1Oc2ccc(NS(=O)(=O)c3ccccc3)cc2CC(=O)N([C@H](C)CO)C[C@H]1C. The van der Waals surface area contributed by atoms with Gasteiger partial charge in [-0.2, -0.15) is 0 Å². The molecule has 2 aromatic rings. The summed E-state index contributed by atoms with van der Waals surface area (Å²) in [6, 6.07) is 12.7. The van der Waals surface area contributed by atoms with Crippen molar-refractivity contribution in [1.29, 1.82) is 0 Å². The summed E-state index contributed by atoms with van der Waals surface area (Å²) in [6.45, 7) is 4.72. The second kappa shape index (κ2) is 10.3. The molecule has 1 aliphatic rings. The van der Waals surface area contributed by atoms with Gasteiger partial charge < -0.3 is 20.1 Å². The molecule has 2 aromatic carbocycles. The molecule has 174 valence electrons. The van der Waals surface area contributed by atoms with E-state index in [0.29, 0.717) is 30.1 Å². The number of carbonyl (C=O) groups is 1. The number of nitrogens with zero attached hydrogens (tertiary/aromatic N) is 1. The van der Waals surface area contributed by atoms with E-state index in [-0.39, 0.29) is 41.9 Å². The molecule has 0 saturated heterocycles. The molecular weight excluding hydrogens is 430 g/mol. The average Bonchev–Trinajstić information content (AvgIpc) is 2.82. The number of amides is 1. The number of nitrogens with one attached hydrogen (secondary N) is 2. The van der Waals surface area contributed by atoms with Gasteiger partial charge >= 0.3 is 0 Å². The standard InChI is InChI=1S/C23H31N3O5S/c1-16-14-26(17(2)15-27)23(28)12-18-11-19(9-10-21(18)31-22(16)13-24-3)25-32(29,30)20-7-5-4-6-8-20/h4-11,16-17,22,24-25,27H,12-15H2,1-3H3/t16-,17-,22+/m1/s1. The highest BCUT2D eigenvalue weighted by Gasteiger charge is 2.30. The van der Waals surface area contributed by atoms with Gasteiger partial charge in [0, 0.05) is 30.3 Å². The van der Waals surface area contributed by atoms with Crippen molar-refractivity contribution in [3.8, 4) is 5.75 Å². The molecule has 0 saturated carbocycles. The van der Waals surface area contributed by atoms with Crippen LogP contribution in [0.1, 0.15) is 19.4 Å². The summed E-state index contributed by atoms with van der Waals surface area (Å²) < 4.78 is 34.3. The van der Waals surface area contributed by atoms with E-state index < -0.39 is 10.0 Å². The average molecular weight is 462 g/mol. The Kier molecular flexibility index (Phi) is 7.76. The summed E-state index contributed by atoms with van der Waals surface area (Å²) >= 11 is 0. The van der Waals surface area contributed by atoms with E-state index in [0.717, 1.165) is 0 Å². The van der Waals surface area contributed by atoms with E-state index >= 15 is 0 Å². The van der Waals surface area contributed by atoms with Crippen LogP contribution in [0.25, 0.3) is 0 Å². The molecule has 9 heteroatoms. The van der Waals surface area contributed by atoms with Crippen LogP contribution >= 0.6 is 0 Å². The number of sulfonamides is 1. The number of carbonyl (C=O) groups excluding carboxylic acids is 1. The van der Waals surface area contributed by atoms with Crippen LogP contribution in [0, 0.1) is 5.92 Å². The normalized spacial score (nSPS) is 20.4. The topological polar surface area (TPSA) is 108 Å². The molecule has 8 nitrogen and oxygen atoms in total. The van der Waals surface area contributed by atoms with E-state index in [1.54, 1.807) is 41.3 Å². The third-order valence-corrected chi connectivity index (χ3v) is 7.02. The van der Waals surface area contributed by atoms with Crippen molar-refractivity contribution in [1.82, 2.24) is 10.2 Å². The van der Waals surface area contributed by atoms with E-state index in [1.807, 2.05) is 20.9 Å². The van der Waals surface area contributed by atoms with E-state index in [9.17, 15) is 18.3 Å². The Bertz CT molecular complexity index is 1030. The minimum absolute atomic E-state index is 0.0163. The molecule has 0 bridgehead atoms. The van der Waals surface area contributed by atoms with Crippen molar-refractivity contribution in [2.24, 2.45) is 5.92 Å². The van der Waals surface area contributed by atoms with Crippen molar-refractivity contribution in [3.63, 3.8) is 0 Å². The Balaban J connectivity index is 1.96. The third kappa shape index (κ3) is 5.59.